The van der Waals surface area contributed by atoms with Crippen molar-refractivity contribution in [3.63, 3.8) is 0 Å². The summed E-state index contributed by atoms with van der Waals surface area (Å²) in [4.78, 5) is 44.1. The molecule has 232 valence electrons. The van der Waals surface area contributed by atoms with Crippen LogP contribution in [-0.4, -0.2) is 37.3 Å². The van der Waals surface area contributed by atoms with Crippen molar-refractivity contribution in [3.05, 3.63) is 124 Å². The highest BCUT2D eigenvalue weighted by Crippen LogP contribution is 2.35. The molecule has 0 saturated heterocycles. The Balaban J connectivity index is 1.50. The third-order valence-electron chi connectivity index (χ3n) is 7.16. The second-order valence-corrected chi connectivity index (χ2v) is 12.1. The van der Waals surface area contributed by atoms with E-state index in [1.54, 1.807) is 36.8 Å². The number of methoxy groups -OCH3 is 2. The van der Waals surface area contributed by atoms with E-state index in [0.29, 0.717) is 50.7 Å². The van der Waals surface area contributed by atoms with Gasteiger partial charge in [-0.15, -0.1) is 0 Å². The maximum Gasteiger partial charge on any atom is 0.338 e. The zero-order valence-electron chi connectivity index (χ0n) is 25.2. The average Bonchev–Trinajstić information content (AvgIpc) is 3.37. The lowest BCUT2D eigenvalue weighted by molar-refractivity contribution is -0.136. The largest absolute Gasteiger partial charge is 0.493 e. The topological polar surface area (TPSA) is 105 Å². The summed E-state index contributed by atoms with van der Waals surface area (Å²) in [5, 5.41) is 0. The predicted octanol–water partition coefficient (Wildman–Crippen LogP) is 5.17. The van der Waals surface area contributed by atoms with Gasteiger partial charge in [-0.3, -0.25) is 9.36 Å². The van der Waals surface area contributed by atoms with Crippen LogP contribution in [0.4, 0.5) is 0 Å². The van der Waals surface area contributed by atoms with E-state index in [4.69, 9.17) is 23.9 Å². The second-order valence-electron chi connectivity index (χ2n) is 9.94. The average molecular weight is 739 g/mol. The van der Waals surface area contributed by atoms with E-state index in [0.717, 1.165) is 20.3 Å². The van der Waals surface area contributed by atoms with E-state index < -0.39 is 12.0 Å². The lowest BCUT2D eigenvalue weighted by Crippen LogP contribution is -2.40. The zero-order chi connectivity index (χ0) is 32.1. The lowest BCUT2D eigenvalue weighted by atomic mass is 9.95. The van der Waals surface area contributed by atoms with Crippen LogP contribution >= 0.6 is 33.9 Å². The van der Waals surface area contributed by atoms with Crippen molar-refractivity contribution in [3.8, 4) is 11.5 Å². The maximum atomic E-state index is 13.9. The molecule has 5 rings (SSSR count). The Bertz CT molecular complexity index is 1950. The SMILES string of the molecule is CCOC(=O)c1ccc(COc2c(I)cc(/C=c3/sc4n(c3=O)[C@@H](c3ccccc3)C(C(=O)OC)=C(CC)N=4)cc2OC)cc1. The van der Waals surface area contributed by atoms with Crippen molar-refractivity contribution in [2.45, 2.75) is 32.9 Å². The van der Waals surface area contributed by atoms with E-state index in [9.17, 15) is 14.4 Å². The molecule has 4 aromatic rings. The van der Waals surface area contributed by atoms with Crippen LogP contribution < -0.4 is 24.4 Å². The Morgan fingerprint density at radius 3 is 2.40 bits per heavy atom. The third kappa shape index (κ3) is 6.74. The Morgan fingerprint density at radius 1 is 1.02 bits per heavy atom. The number of esters is 2. The van der Waals surface area contributed by atoms with Crippen LogP contribution in [0.1, 0.15) is 53.4 Å². The summed E-state index contributed by atoms with van der Waals surface area (Å²) >= 11 is 3.45. The first-order valence-corrected chi connectivity index (χ1v) is 16.1. The van der Waals surface area contributed by atoms with Crippen molar-refractivity contribution >= 4 is 51.9 Å². The van der Waals surface area contributed by atoms with Gasteiger partial charge in [-0.05, 0) is 83.0 Å². The van der Waals surface area contributed by atoms with Gasteiger partial charge in [0.25, 0.3) is 5.56 Å². The molecule has 0 fully saturated rings. The molecule has 9 nitrogen and oxygen atoms in total. The molecule has 0 bridgehead atoms. The predicted molar refractivity (Wildman–Crippen MR) is 179 cm³/mol. The summed E-state index contributed by atoms with van der Waals surface area (Å²) in [5.74, 6) is 0.191. The Morgan fingerprint density at radius 2 is 1.76 bits per heavy atom. The van der Waals surface area contributed by atoms with Gasteiger partial charge in [0, 0.05) is 0 Å². The van der Waals surface area contributed by atoms with Gasteiger partial charge in [0.2, 0.25) is 0 Å². The molecule has 0 aliphatic carbocycles. The number of rotatable bonds is 10. The number of carbonyl (C=O) groups is 2. The fourth-order valence-corrected chi connectivity index (χ4v) is 6.84. The van der Waals surface area contributed by atoms with Crippen LogP contribution in [0.5, 0.6) is 11.5 Å². The molecule has 1 atom stereocenters. The molecule has 0 amide bonds. The zero-order valence-corrected chi connectivity index (χ0v) is 28.1. The summed E-state index contributed by atoms with van der Waals surface area (Å²) < 4.78 is 24.8. The van der Waals surface area contributed by atoms with Crippen molar-refractivity contribution in [2.75, 3.05) is 20.8 Å². The molecule has 0 spiro atoms. The molecule has 3 aromatic carbocycles. The van der Waals surface area contributed by atoms with E-state index in [1.165, 1.54) is 18.4 Å². The molecule has 1 aliphatic rings. The Kier molecular flexibility index (Phi) is 10.2. The number of fused-ring (bicyclic) bond motifs is 1. The normalized spacial score (nSPS) is 14.4. The van der Waals surface area contributed by atoms with Crippen molar-refractivity contribution in [1.29, 1.82) is 0 Å². The van der Waals surface area contributed by atoms with Crippen LogP contribution in [0.3, 0.4) is 0 Å². The summed E-state index contributed by atoms with van der Waals surface area (Å²) in [6, 6.07) is 19.5. The fraction of sp³-hybridized carbons (Fsp3) is 0.235. The number of nitrogens with zero attached hydrogens (tertiary/aromatic N) is 2. The van der Waals surface area contributed by atoms with Gasteiger partial charge >= 0.3 is 11.9 Å². The summed E-state index contributed by atoms with van der Waals surface area (Å²) in [6.07, 6.45) is 2.30. The Labute approximate surface area is 277 Å². The number of allylic oxidation sites excluding steroid dienone is 1. The van der Waals surface area contributed by atoms with Gasteiger partial charge in [0.05, 0.1) is 51.8 Å². The van der Waals surface area contributed by atoms with Crippen molar-refractivity contribution < 1.29 is 28.5 Å². The number of ether oxygens (including phenoxy) is 4. The number of halogens is 1. The number of hydrogen-bond acceptors (Lipinski definition) is 9. The summed E-state index contributed by atoms with van der Waals surface area (Å²) in [7, 11) is 2.89. The summed E-state index contributed by atoms with van der Waals surface area (Å²) in [6.45, 7) is 4.27. The van der Waals surface area contributed by atoms with Gasteiger partial charge in [0.15, 0.2) is 16.3 Å². The van der Waals surface area contributed by atoms with E-state index in [1.807, 2.05) is 61.5 Å². The van der Waals surface area contributed by atoms with Gasteiger partial charge in [0.1, 0.15) is 6.61 Å². The standard InChI is InChI=1S/C34H31IN2O7S/c1-5-25-28(33(40)42-4)29(22-10-8-7-9-11-22)37-31(38)27(45-34(37)36-25)18-21-16-24(35)30(26(17-21)41-3)44-19-20-12-14-23(15-13-20)32(39)43-6-2/h7-18,29H,5-6,19H2,1-4H3/b27-18+/t29-/m0/s1. The molecule has 0 radical (unpaired) electrons. The first kappa shape index (κ1) is 32.2. The molecule has 0 saturated carbocycles. The monoisotopic (exact) mass is 738 g/mol. The molecule has 1 aliphatic heterocycles. The van der Waals surface area contributed by atoms with Gasteiger partial charge in [-0.1, -0.05) is 60.7 Å². The lowest BCUT2D eigenvalue weighted by Gasteiger charge is -2.25. The van der Waals surface area contributed by atoms with E-state index in [2.05, 4.69) is 22.6 Å². The Hall–Kier alpha value is -4.23. The minimum absolute atomic E-state index is 0.259. The molecular weight excluding hydrogens is 707 g/mol. The van der Waals surface area contributed by atoms with Crippen LogP contribution in [0.25, 0.3) is 6.08 Å². The molecule has 2 heterocycles. The van der Waals surface area contributed by atoms with Crippen LogP contribution in [0, 0.1) is 3.57 Å². The van der Waals surface area contributed by atoms with E-state index in [-0.39, 0.29) is 18.1 Å². The number of carbonyl (C=O) groups excluding carboxylic acids is 2. The second kappa shape index (κ2) is 14.2. The van der Waals surface area contributed by atoms with Gasteiger partial charge in [-0.25, -0.2) is 14.6 Å². The smallest absolute Gasteiger partial charge is 0.338 e. The number of hydrogen-bond donors (Lipinski definition) is 0. The quantitative estimate of drug-likeness (QED) is 0.164. The van der Waals surface area contributed by atoms with E-state index >= 15 is 0 Å². The highest BCUT2D eigenvalue weighted by Gasteiger charge is 2.33. The van der Waals surface area contributed by atoms with Crippen LogP contribution in [0.2, 0.25) is 0 Å². The van der Waals surface area contributed by atoms with Gasteiger partial charge < -0.3 is 18.9 Å². The highest BCUT2D eigenvalue weighted by molar-refractivity contribution is 14.1. The highest BCUT2D eigenvalue weighted by atomic mass is 127. The molecule has 11 heteroatoms. The molecular formula is C34H31IN2O7S. The molecule has 0 unspecified atom stereocenters. The first-order valence-electron chi connectivity index (χ1n) is 14.2. The molecule has 0 N–H and O–H groups in total. The minimum Gasteiger partial charge on any atom is -0.493 e. The van der Waals surface area contributed by atoms with Crippen molar-refractivity contribution in [2.24, 2.45) is 4.99 Å². The minimum atomic E-state index is -0.663. The van der Waals surface area contributed by atoms with Crippen molar-refractivity contribution in [1.82, 2.24) is 4.57 Å². The first-order chi connectivity index (χ1) is 21.8. The van der Waals surface area contributed by atoms with Gasteiger partial charge in [-0.2, -0.15) is 0 Å². The maximum absolute atomic E-state index is 13.9. The number of thiazole rings is 1. The molecule has 1 aromatic heterocycles. The number of benzene rings is 3. The third-order valence-corrected chi connectivity index (χ3v) is 8.95. The fourth-order valence-electron chi connectivity index (χ4n) is 5.04. The van der Waals surface area contributed by atoms with Crippen LogP contribution in [0.15, 0.2) is 87.8 Å². The van der Waals surface area contributed by atoms with Crippen LogP contribution in [-0.2, 0) is 20.9 Å². The molecule has 45 heavy (non-hydrogen) atoms. The summed E-state index contributed by atoms with van der Waals surface area (Å²) in [5.41, 5.74) is 3.58. The number of aromatic nitrogens is 1.